The van der Waals surface area contributed by atoms with Gasteiger partial charge in [-0.1, -0.05) is 24.3 Å². The van der Waals surface area contributed by atoms with Crippen LogP contribution in [0.15, 0.2) is 59.5 Å². The highest BCUT2D eigenvalue weighted by atomic mass is 19.1. The predicted molar refractivity (Wildman–Crippen MR) is 81.6 cm³/mol. The number of hydrogen-bond donors (Lipinski definition) is 1. The zero-order valence-corrected chi connectivity index (χ0v) is 11.4. The summed E-state index contributed by atoms with van der Waals surface area (Å²) in [6.45, 7) is 0.545. The molecule has 3 rings (SSSR count). The van der Waals surface area contributed by atoms with Gasteiger partial charge in [-0.3, -0.25) is 4.79 Å². The number of benzene rings is 2. The molecule has 0 aliphatic carbocycles. The SMILES string of the molecule is NCc1ccc(F)c(Cn2ccc3ccccc3c2=O)c1. The summed E-state index contributed by atoms with van der Waals surface area (Å²) < 4.78 is 15.4. The largest absolute Gasteiger partial charge is 0.326 e. The third kappa shape index (κ3) is 2.58. The van der Waals surface area contributed by atoms with Gasteiger partial charge in [0.1, 0.15) is 5.82 Å². The highest BCUT2D eigenvalue weighted by Gasteiger charge is 2.07. The van der Waals surface area contributed by atoms with Gasteiger partial charge in [-0.15, -0.1) is 0 Å². The van der Waals surface area contributed by atoms with Crippen LogP contribution in [-0.2, 0) is 13.1 Å². The molecule has 1 aromatic heterocycles. The van der Waals surface area contributed by atoms with E-state index in [-0.39, 0.29) is 17.9 Å². The summed E-state index contributed by atoms with van der Waals surface area (Å²) in [6.07, 6.45) is 1.69. The lowest BCUT2D eigenvalue weighted by Crippen LogP contribution is -2.20. The molecule has 3 nitrogen and oxygen atoms in total. The molecule has 0 saturated heterocycles. The molecule has 0 spiro atoms. The van der Waals surface area contributed by atoms with Crippen LogP contribution in [0.25, 0.3) is 10.8 Å². The van der Waals surface area contributed by atoms with Gasteiger partial charge in [0.15, 0.2) is 0 Å². The van der Waals surface area contributed by atoms with Crippen molar-refractivity contribution in [3.05, 3.63) is 82.0 Å². The zero-order chi connectivity index (χ0) is 14.8. The maximum atomic E-state index is 13.9. The fourth-order valence-electron chi connectivity index (χ4n) is 2.41. The summed E-state index contributed by atoms with van der Waals surface area (Å²) in [6, 6.07) is 14.0. The first-order chi connectivity index (χ1) is 10.2. The van der Waals surface area contributed by atoms with Crippen LogP contribution in [0.3, 0.4) is 0 Å². The predicted octanol–water partition coefficient (Wildman–Crippen LogP) is 2.65. The standard InChI is InChI=1S/C17H15FN2O/c18-16-6-5-12(10-19)9-14(16)11-20-8-7-13-3-1-2-4-15(13)17(20)21/h1-9H,10-11,19H2. The van der Waals surface area contributed by atoms with Crippen molar-refractivity contribution < 1.29 is 4.39 Å². The monoisotopic (exact) mass is 282 g/mol. The number of nitrogens with zero attached hydrogens (tertiary/aromatic N) is 1. The van der Waals surface area contributed by atoms with Crippen molar-refractivity contribution in [2.24, 2.45) is 5.73 Å². The van der Waals surface area contributed by atoms with Crippen molar-refractivity contribution in [2.75, 3.05) is 0 Å². The van der Waals surface area contributed by atoms with Crippen LogP contribution in [0, 0.1) is 5.82 Å². The normalized spacial score (nSPS) is 11.0. The quantitative estimate of drug-likeness (QED) is 0.803. The van der Waals surface area contributed by atoms with E-state index in [2.05, 4.69) is 0 Å². The van der Waals surface area contributed by atoms with Crippen LogP contribution >= 0.6 is 0 Å². The van der Waals surface area contributed by atoms with Crippen LogP contribution in [0.2, 0.25) is 0 Å². The first kappa shape index (κ1) is 13.5. The number of hydrogen-bond acceptors (Lipinski definition) is 2. The van der Waals surface area contributed by atoms with Crippen LogP contribution < -0.4 is 11.3 Å². The van der Waals surface area contributed by atoms with Crippen molar-refractivity contribution in [1.29, 1.82) is 0 Å². The molecule has 3 aromatic rings. The molecule has 2 N–H and O–H groups in total. The Morgan fingerprint density at radius 3 is 2.71 bits per heavy atom. The molecular weight excluding hydrogens is 267 g/mol. The lowest BCUT2D eigenvalue weighted by atomic mass is 10.1. The van der Waals surface area contributed by atoms with Crippen molar-refractivity contribution in [3.63, 3.8) is 0 Å². The van der Waals surface area contributed by atoms with Crippen LogP contribution in [-0.4, -0.2) is 4.57 Å². The molecule has 0 amide bonds. The summed E-state index contributed by atoms with van der Waals surface area (Å²) >= 11 is 0. The Balaban J connectivity index is 2.06. The third-order valence-corrected chi connectivity index (χ3v) is 3.57. The lowest BCUT2D eigenvalue weighted by molar-refractivity contribution is 0.596. The average Bonchev–Trinajstić information content (AvgIpc) is 2.52. The van der Waals surface area contributed by atoms with Crippen molar-refractivity contribution in [3.8, 4) is 0 Å². The number of aromatic nitrogens is 1. The fourth-order valence-corrected chi connectivity index (χ4v) is 2.41. The van der Waals surface area contributed by atoms with Crippen LogP contribution in [0.5, 0.6) is 0 Å². The van der Waals surface area contributed by atoms with Crippen molar-refractivity contribution in [1.82, 2.24) is 4.57 Å². The summed E-state index contributed by atoms with van der Waals surface area (Å²) in [7, 11) is 0. The molecular formula is C17H15FN2O. The van der Waals surface area contributed by atoms with E-state index in [0.717, 1.165) is 10.9 Å². The van der Waals surface area contributed by atoms with E-state index < -0.39 is 0 Å². The van der Waals surface area contributed by atoms with Gasteiger partial charge in [-0.2, -0.15) is 0 Å². The average molecular weight is 282 g/mol. The Kier molecular flexibility index (Phi) is 3.54. The fraction of sp³-hybridized carbons (Fsp3) is 0.118. The number of fused-ring (bicyclic) bond motifs is 1. The minimum Gasteiger partial charge on any atom is -0.326 e. The summed E-state index contributed by atoms with van der Waals surface area (Å²) in [4.78, 5) is 12.4. The number of pyridine rings is 1. The zero-order valence-electron chi connectivity index (χ0n) is 11.4. The molecule has 4 heteroatoms. The molecule has 1 heterocycles. The van der Waals surface area contributed by atoms with Gasteiger partial charge >= 0.3 is 0 Å². The molecule has 0 aliphatic heterocycles. The van der Waals surface area contributed by atoms with Gasteiger partial charge in [-0.25, -0.2) is 4.39 Å². The number of rotatable bonds is 3. The highest BCUT2D eigenvalue weighted by molar-refractivity contribution is 5.81. The van der Waals surface area contributed by atoms with Crippen molar-refractivity contribution in [2.45, 2.75) is 13.1 Å². The van der Waals surface area contributed by atoms with Gasteiger partial charge in [0.25, 0.3) is 5.56 Å². The molecule has 0 radical (unpaired) electrons. The number of halogens is 1. The first-order valence-electron chi connectivity index (χ1n) is 6.74. The molecule has 2 aromatic carbocycles. The van der Waals surface area contributed by atoms with Gasteiger partial charge < -0.3 is 10.3 Å². The molecule has 0 bridgehead atoms. The Morgan fingerprint density at radius 1 is 1.10 bits per heavy atom. The Labute approximate surface area is 121 Å². The van der Waals surface area contributed by atoms with Gasteiger partial charge in [0.2, 0.25) is 0 Å². The topological polar surface area (TPSA) is 48.0 Å². The van der Waals surface area contributed by atoms with E-state index in [0.29, 0.717) is 17.5 Å². The van der Waals surface area contributed by atoms with Gasteiger partial charge in [0.05, 0.1) is 6.54 Å². The Hall–Kier alpha value is -2.46. The molecule has 21 heavy (non-hydrogen) atoms. The van der Waals surface area contributed by atoms with E-state index in [9.17, 15) is 9.18 Å². The second kappa shape index (κ2) is 5.50. The maximum Gasteiger partial charge on any atom is 0.258 e. The summed E-state index contributed by atoms with van der Waals surface area (Å²) in [5, 5.41) is 1.52. The molecule has 0 atom stereocenters. The van der Waals surface area contributed by atoms with E-state index in [1.54, 1.807) is 24.4 Å². The maximum absolute atomic E-state index is 13.9. The van der Waals surface area contributed by atoms with E-state index >= 15 is 0 Å². The van der Waals surface area contributed by atoms with Crippen LogP contribution in [0.1, 0.15) is 11.1 Å². The first-order valence-corrected chi connectivity index (χ1v) is 6.74. The highest BCUT2D eigenvalue weighted by Crippen LogP contribution is 2.13. The number of nitrogens with two attached hydrogens (primary N) is 1. The van der Waals surface area contributed by atoms with Gasteiger partial charge in [0, 0.05) is 23.7 Å². The second-order valence-corrected chi connectivity index (χ2v) is 4.97. The third-order valence-electron chi connectivity index (χ3n) is 3.57. The van der Waals surface area contributed by atoms with E-state index in [1.807, 2.05) is 24.3 Å². The second-order valence-electron chi connectivity index (χ2n) is 4.97. The molecule has 106 valence electrons. The minimum atomic E-state index is -0.327. The molecule has 0 unspecified atom stereocenters. The summed E-state index contributed by atoms with van der Waals surface area (Å²) in [5.41, 5.74) is 6.77. The van der Waals surface area contributed by atoms with E-state index in [4.69, 9.17) is 5.73 Å². The molecule has 0 saturated carbocycles. The lowest BCUT2D eigenvalue weighted by Gasteiger charge is -2.09. The van der Waals surface area contributed by atoms with Crippen LogP contribution in [0.4, 0.5) is 4.39 Å². The van der Waals surface area contributed by atoms with E-state index in [1.165, 1.54) is 10.6 Å². The van der Waals surface area contributed by atoms with Gasteiger partial charge in [-0.05, 0) is 35.2 Å². The molecule has 0 aliphatic rings. The Bertz CT molecular complexity index is 855. The van der Waals surface area contributed by atoms with Crippen molar-refractivity contribution >= 4 is 10.8 Å². The molecule has 0 fully saturated rings. The Morgan fingerprint density at radius 2 is 1.90 bits per heavy atom. The summed E-state index contributed by atoms with van der Waals surface area (Å²) in [5.74, 6) is -0.327. The minimum absolute atomic E-state index is 0.120. The smallest absolute Gasteiger partial charge is 0.258 e.